The molecule has 154 valence electrons. The predicted octanol–water partition coefficient (Wildman–Crippen LogP) is 2.71. The number of aromatic nitrogens is 5. The highest BCUT2D eigenvalue weighted by atomic mass is 35.5. The number of oxazole rings is 1. The molecular weight excluding hydrogens is 408 g/mol. The number of amides is 1. The first-order valence-corrected chi connectivity index (χ1v) is 9.87. The highest BCUT2D eigenvalue weighted by Crippen LogP contribution is 2.35. The normalized spacial score (nSPS) is 16.8. The van der Waals surface area contributed by atoms with Gasteiger partial charge in [0.1, 0.15) is 16.8 Å². The molecule has 0 fully saturated rings. The molecule has 0 radical (unpaired) electrons. The van der Waals surface area contributed by atoms with E-state index < -0.39 is 11.6 Å². The number of hydrogen-bond acceptors (Lipinski definition) is 6. The van der Waals surface area contributed by atoms with Gasteiger partial charge in [-0.1, -0.05) is 17.7 Å². The Morgan fingerprint density at radius 2 is 2.20 bits per heavy atom. The molecule has 5 heterocycles. The van der Waals surface area contributed by atoms with Gasteiger partial charge in [0.15, 0.2) is 0 Å². The number of pyridine rings is 1. The van der Waals surface area contributed by atoms with E-state index in [0.717, 1.165) is 16.9 Å². The van der Waals surface area contributed by atoms with Crippen molar-refractivity contribution in [3.8, 4) is 0 Å². The van der Waals surface area contributed by atoms with Crippen molar-refractivity contribution in [2.45, 2.75) is 31.9 Å². The fourth-order valence-corrected chi connectivity index (χ4v) is 3.94. The molecule has 0 bridgehead atoms. The molecule has 0 saturated carbocycles. The largest absolute Gasteiger partial charge is 0.432 e. The maximum Gasteiger partial charge on any atom is 0.292 e. The molecule has 5 rings (SSSR count). The van der Waals surface area contributed by atoms with E-state index in [-0.39, 0.29) is 17.6 Å². The molecule has 1 amide bonds. The Labute approximate surface area is 176 Å². The molecule has 10 heteroatoms. The first-order chi connectivity index (χ1) is 14.3. The van der Waals surface area contributed by atoms with Gasteiger partial charge in [-0.25, -0.2) is 14.5 Å². The Morgan fingerprint density at radius 3 is 2.93 bits per heavy atom. The van der Waals surface area contributed by atoms with Crippen molar-refractivity contribution in [3.05, 3.63) is 70.7 Å². The van der Waals surface area contributed by atoms with Crippen molar-refractivity contribution in [1.82, 2.24) is 29.5 Å². The summed E-state index contributed by atoms with van der Waals surface area (Å²) in [5.41, 5.74) is 1.87. The van der Waals surface area contributed by atoms with Gasteiger partial charge in [0.05, 0.1) is 29.4 Å². The fourth-order valence-electron chi connectivity index (χ4n) is 3.73. The van der Waals surface area contributed by atoms with Crippen LogP contribution >= 0.6 is 11.6 Å². The summed E-state index contributed by atoms with van der Waals surface area (Å²) < 4.78 is 7.19. The first-order valence-electron chi connectivity index (χ1n) is 9.49. The zero-order chi connectivity index (χ0) is 21.0. The van der Waals surface area contributed by atoms with Crippen LogP contribution in [-0.2, 0) is 12.0 Å². The van der Waals surface area contributed by atoms with Crippen LogP contribution in [0.1, 0.15) is 53.4 Å². The Bertz CT molecular complexity index is 1250. The minimum Gasteiger partial charge on any atom is -0.432 e. The molecule has 0 aliphatic carbocycles. The van der Waals surface area contributed by atoms with Crippen LogP contribution in [0.25, 0.3) is 5.52 Å². The Balaban J connectivity index is 1.59. The van der Waals surface area contributed by atoms with E-state index >= 15 is 0 Å². The van der Waals surface area contributed by atoms with Crippen LogP contribution in [0.5, 0.6) is 0 Å². The van der Waals surface area contributed by atoms with E-state index in [9.17, 15) is 9.90 Å². The number of carbonyl (C=O) groups excluding carboxylic acids is 1. The minimum atomic E-state index is -1.28. The fraction of sp³-hybridized carbons (Fsp3) is 0.300. The number of fused-ring (bicyclic) bond motifs is 2. The van der Waals surface area contributed by atoms with Crippen LogP contribution in [0.15, 0.2) is 41.2 Å². The topological polar surface area (TPSA) is 113 Å². The highest BCUT2D eigenvalue weighted by Gasteiger charge is 2.38. The summed E-state index contributed by atoms with van der Waals surface area (Å²) in [6, 6.07) is 6.87. The molecule has 0 saturated heterocycles. The molecule has 1 aliphatic heterocycles. The SMILES string of the molecule is CC(C)(O)c1ncc(C(=O)N2CCc3[nH]cnc3C2c2cc3cccc(Cl)n3n2)o1. The van der Waals surface area contributed by atoms with Crippen LogP contribution in [0.4, 0.5) is 0 Å². The van der Waals surface area contributed by atoms with E-state index in [2.05, 4.69) is 20.1 Å². The number of H-pyrrole nitrogens is 1. The van der Waals surface area contributed by atoms with Gasteiger partial charge in [0.2, 0.25) is 11.7 Å². The second-order valence-corrected chi connectivity index (χ2v) is 8.15. The van der Waals surface area contributed by atoms with E-state index in [0.29, 0.717) is 23.8 Å². The second-order valence-electron chi connectivity index (χ2n) is 7.76. The smallest absolute Gasteiger partial charge is 0.292 e. The number of imidazole rings is 1. The lowest BCUT2D eigenvalue weighted by molar-refractivity contribution is 0.0440. The monoisotopic (exact) mass is 426 g/mol. The lowest BCUT2D eigenvalue weighted by Crippen LogP contribution is -2.40. The van der Waals surface area contributed by atoms with Gasteiger partial charge in [0.25, 0.3) is 5.91 Å². The van der Waals surface area contributed by atoms with Crippen LogP contribution < -0.4 is 0 Å². The summed E-state index contributed by atoms with van der Waals surface area (Å²) in [5.74, 6) is -0.211. The lowest BCUT2D eigenvalue weighted by atomic mass is 9.99. The van der Waals surface area contributed by atoms with Crippen LogP contribution in [0.3, 0.4) is 0 Å². The quantitative estimate of drug-likeness (QED) is 0.487. The third-order valence-corrected chi connectivity index (χ3v) is 5.45. The molecule has 1 unspecified atom stereocenters. The van der Waals surface area contributed by atoms with Crippen molar-refractivity contribution < 1.29 is 14.3 Å². The van der Waals surface area contributed by atoms with Crippen molar-refractivity contribution in [2.24, 2.45) is 0 Å². The van der Waals surface area contributed by atoms with Crippen LogP contribution in [-0.4, -0.2) is 47.0 Å². The Kier molecular flexibility index (Phi) is 4.19. The molecule has 30 heavy (non-hydrogen) atoms. The number of halogens is 1. The van der Waals surface area contributed by atoms with E-state index in [1.165, 1.54) is 6.20 Å². The van der Waals surface area contributed by atoms with Crippen molar-refractivity contribution >= 4 is 23.0 Å². The van der Waals surface area contributed by atoms with E-state index in [1.54, 1.807) is 35.7 Å². The maximum absolute atomic E-state index is 13.3. The average Bonchev–Trinajstić information content (AvgIpc) is 3.44. The summed E-state index contributed by atoms with van der Waals surface area (Å²) in [5, 5.41) is 15.2. The molecule has 4 aromatic heterocycles. The molecule has 9 nitrogen and oxygen atoms in total. The van der Waals surface area contributed by atoms with Gasteiger partial charge in [-0.2, -0.15) is 5.10 Å². The van der Waals surface area contributed by atoms with Gasteiger partial charge >= 0.3 is 0 Å². The summed E-state index contributed by atoms with van der Waals surface area (Å²) in [6.07, 6.45) is 3.58. The van der Waals surface area contributed by atoms with Crippen molar-refractivity contribution in [1.29, 1.82) is 0 Å². The average molecular weight is 427 g/mol. The zero-order valence-corrected chi connectivity index (χ0v) is 17.1. The number of carbonyl (C=O) groups is 1. The molecule has 0 spiro atoms. The van der Waals surface area contributed by atoms with Gasteiger partial charge in [-0.15, -0.1) is 0 Å². The third kappa shape index (κ3) is 2.98. The number of aromatic amines is 1. The first kappa shape index (κ1) is 18.8. The van der Waals surface area contributed by atoms with Gasteiger partial charge in [-0.05, 0) is 32.0 Å². The number of aliphatic hydroxyl groups is 1. The highest BCUT2D eigenvalue weighted by molar-refractivity contribution is 6.29. The van der Waals surface area contributed by atoms with Crippen LogP contribution in [0.2, 0.25) is 5.15 Å². The predicted molar refractivity (Wildman–Crippen MR) is 107 cm³/mol. The Morgan fingerprint density at radius 1 is 1.37 bits per heavy atom. The van der Waals surface area contributed by atoms with Gasteiger partial charge in [-0.3, -0.25) is 4.79 Å². The van der Waals surface area contributed by atoms with E-state index in [1.807, 2.05) is 18.2 Å². The molecule has 1 atom stereocenters. The maximum atomic E-state index is 13.3. The minimum absolute atomic E-state index is 0.0536. The number of nitrogens with zero attached hydrogens (tertiary/aromatic N) is 5. The van der Waals surface area contributed by atoms with Crippen molar-refractivity contribution in [3.63, 3.8) is 0 Å². The number of nitrogens with one attached hydrogen (secondary N) is 1. The number of rotatable bonds is 3. The third-order valence-electron chi connectivity index (χ3n) is 5.16. The molecule has 1 aliphatic rings. The second kappa shape index (κ2) is 6.68. The van der Waals surface area contributed by atoms with Gasteiger partial charge < -0.3 is 19.4 Å². The molecule has 4 aromatic rings. The number of hydrogen-bond donors (Lipinski definition) is 2. The Hall–Kier alpha value is -3.17. The van der Waals surface area contributed by atoms with Gasteiger partial charge in [0, 0.05) is 18.7 Å². The standard InChI is InChI=1S/C20H19ClN6O3/c1-20(2,29)19-22-9-14(30-19)18(28)26-7-6-12-16(24-10-23-12)17(26)13-8-11-4-3-5-15(21)27(11)25-13/h3-5,8-10,17,29H,6-7H2,1-2H3,(H,23,24). The summed E-state index contributed by atoms with van der Waals surface area (Å²) >= 11 is 6.28. The molecule has 0 aromatic carbocycles. The molecule has 2 N–H and O–H groups in total. The lowest BCUT2D eigenvalue weighted by Gasteiger charge is -2.33. The summed E-state index contributed by atoms with van der Waals surface area (Å²) in [6.45, 7) is 3.54. The zero-order valence-electron chi connectivity index (χ0n) is 16.3. The van der Waals surface area contributed by atoms with Crippen LogP contribution in [0, 0.1) is 0 Å². The summed E-state index contributed by atoms with van der Waals surface area (Å²) in [4.78, 5) is 26.7. The summed E-state index contributed by atoms with van der Waals surface area (Å²) in [7, 11) is 0. The van der Waals surface area contributed by atoms with E-state index in [4.69, 9.17) is 16.0 Å². The molecular formula is C20H19ClN6O3. The van der Waals surface area contributed by atoms with Crippen molar-refractivity contribution in [2.75, 3.05) is 6.54 Å².